The zero-order valence-corrected chi connectivity index (χ0v) is 17.4. The normalized spacial score (nSPS) is 11.1. The van der Waals surface area contributed by atoms with Gasteiger partial charge in [0.1, 0.15) is 5.01 Å². The molecule has 29 heavy (non-hydrogen) atoms. The Morgan fingerprint density at radius 1 is 0.966 bits per heavy atom. The summed E-state index contributed by atoms with van der Waals surface area (Å²) in [6.07, 6.45) is 4.66. The molecule has 5 rings (SSSR count). The van der Waals surface area contributed by atoms with Crippen molar-refractivity contribution in [2.75, 3.05) is 5.32 Å². The first-order chi connectivity index (χ1) is 14.3. The molecule has 0 radical (unpaired) electrons. The number of rotatable bonds is 5. The number of nitrogens with zero attached hydrogens (tertiary/aromatic N) is 3. The van der Waals surface area contributed by atoms with Crippen molar-refractivity contribution < 1.29 is 0 Å². The van der Waals surface area contributed by atoms with E-state index in [9.17, 15) is 0 Å². The van der Waals surface area contributed by atoms with Gasteiger partial charge in [-0.2, -0.15) is 0 Å². The molecule has 3 heterocycles. The SMILES string of the molecule is CCc1ccc2nc(Nc3cccc(-c4csc(-c5cccnc5)n4)c3)sc2c1. The van der Waals surface area contributed by atoms with Crippen LogP contribution in [0.2, 0.25) is 0 Å². The maximum absolute atomic E-state index is 4.79. The predicted octanol–water partition coefficient (Wildman–Crippen LogP) is 6.79. The lowest BCUT2D eigenvalue weighted by Gasteiger charge is -2.04. The summed E-state index contributed by atoms with van der Waals surface area (Å²) in [7, 11) is 0. The number of fused-ring (bicyclic) bond motifs is 1. The molecule has 0 unspecified atom stereocenters. The van der Waals surface area contributed by atoms with Crippen LogP contribution in [0.4, 0.5) is 10.8 Å². The van der Waals surface area contributed by atoms with Gasteiger partial charge in [-0.25, -0.2) is 9.97 Å². The number of anilines is 2. The molecule has 4 nitrogen and oxygen atoms in total. The van der Waals surface area contributed by atoms with Gasteiger partial charge in [-0.1, -0.05) is 36.5 Å². The van der Waals surface area contributed by atoms with E-state index < -0.39 is 0 Å². The first kappa shape index (κ1) is 18.0. The van der Waals surface area contributed by atoms with E-state index in [-0.39, 0.29) is 0 Å². The lowest BCUT2D eigenvalue weighted by atomic mass is 10.1. The van der Waals surface area contributed by atoms with Crippen LogP contribution in [0.25, 0.3) is 32.0 Å². The summed E-state index contributed by atoms with van der Waals surface area (Å²) in [5, 5.41) is 7.42. The van der Waals surface area contributed by atoms with Crippen LogP contribution in [-0.2, 0) is 6.42 Å². The molecule has 1 N–H and O–H groups in total. The smallest absolute Gasteiger partial charge is 0.188 e. The lowest BCUT2D eigenvalue weighted by Crippen LogP contribution is -1.89. The number of hydrogen-bond acceptors (Lipinski definition) is 6. The molecule has 0 bridgehead atoms. The van der Waals surface area contributed by atoms with Crippen LogP contribution in [-0.4, -0.2) is 15.0 Å². The number of pyridine rings is 1. The minimum Gasteiger partial charge on any atom is -0.332 e. The fraction of sp³-hybridized carbons (Fsp3) is 0.0870. The van der Waals surface area contributed by atoms with Crippen molar-refractivity contribution in [2.45, 2.75) is 13.3 Å². The van der Waals surface area contributed by atoms with Gasteiger partial charge < -0.3 is 5.32 Å². The largest absolute Gasteiger partial charge is 0.332 e. The highest BCUT2D eigenvalue weighted by Gasteiger charge is 2.09. The lowest BCUT2D eigenvalue weighted by molar-refractivity contribution is 1.15. The summed E-state index contributed by atoms with van der Waals surface area (Å²) >= 11 is 3.31. The van der Waals surface area contributed by atoms with Gasteiger partial charge in [-0.3, -0.25) is 4.98 Å². The van der Waals surface area contributed by atoms with Crippen molar-refractivity contribution in [3.05, 3.63) is 77.9 Å². The Labute approximate surface area is 177 Å². The second-order valence-corrected chi connectivity index (χ2v) is 8.55. The minimum atomic E-state index is 0.903. The van der Waals surface area contributed by atoms with E-state index in [1.54, 1.807) is 28.9 Å². The predicted molar refractivity (Wildman–Crippen MR) is 123 cm³/mol. The van der Waals surface area contributed by atoms with Crippen LogP contribution in [0.15, 0.2) is 72.4 Å². The standard InChI is InChI=1S/C23H18N4S2/c1-2-15-8-9-19-21(11-15)29-23(27-19)25-18-7-3-5-16(12-18)20-14-28-22(26-20)17-6-4-10-24-13-17/h3-14H,2H2,1H3,(H,25,27). The van der Waals surface area contributed by atoms with Gasteiger partial charge in [0.25, 0.3) is 0 Å². The molecule has 0 aliphatic rings. The molecular weight excluding hydrogens is 396 g/mol. The molecule has 0 fully saturated rings. The minimum absolute atomic E-state index is 0.903. The molecule has 0 saturated heterocycles. The zero-order valence-electron chi connectivity index (χ0n) is 15.8. The number of hydrogen-bond donors (Lipinski definition) is 1. The van der Waals surface area contributed by atoms with Crippen molar-refractivity contribution in [1.82, 2.24) is 15.0 Å². The number of benzene rings is 2. The van der Waals surface area contributed by atoms with Gasteiger partial charge in [0.2, 0.25) is 0 Å². The van der Waals surface area contributed by atoms with Crippen LogP contribution in [0.5, 0.6) is 0 Å². The second-order valence-electron chi connectivity index (χ2n) is 6.66. The van der Waals surface area contributed by atoms with Gasteiger partial charge in [0.05, 0.1) is 15.9 Å². The van der Waals surface area contributed by atoms with Gasteiger partial charge >= 0.3 is 0 Å². The monoisotopic (exact) mass is 414 g/mol. The van der Waals surface area contributed by atoms with Crippen LogP contribution < -0.4 is 5.32 Å². The molecule has 5 aromatic rings. The molecular formula is C23H18N4S2. The summed E-state index contributed by atoms with van der Waals surface area (Å²) in [6, 6.07) is 18.7. The van der Waals surface area contributed by atoms with E-state index in [4.69, 9.17) is 9.97 Å². The molecule has 6 heteroatoms. The Bertz CT molecular complexity index is 1270. The van der Waals surface area contributed by atoms with Gasteiger partial charge in [-0.05, 0) is 48.4 Å². The third kappa shape index (κ3) is 3.77. The fourth-order valence-electron chi connectivity index (χ4n) is 3.15. The van der Waals surface area contributed by atoms with Crippen LogP contribution >= 0.6 is 22.7 Å². The van der Waals surface area contributed by atoms with Crippen LogP contribution in [0, 0.1) is 0 Å². The summed E-state index contributed by atoms with van der Waals surface area (Å²) in [4.78, 5) is 13.7. The van der Waals surface area contributed by atoms with Crippen LogP contribution in [0.3, 0.4) is 0 Å². The van der Waals surface area contributed by atoms with E-state index in [2.05, 4.69) is 59.0 Å². The average Bonchev–Trinajstić information content (AvgIpc) is 3.41. The van der Waals surface area contributed by atoms with Crippen molar-refractivity contribution >= 4 is 43.7 Å². The van der Waals surface area contributed by atoms with Crippen LogP contribution in [0.1, 0.15) is 12.5 Å². The van der Waals surface area contributed by atoms with E-state index in [0.29, 0.717) is 0 Å². The molecule has 0 amide bonds. The van der Waals surface area contributed by atoms with Gasteiger partial charge in [0, 0.05) is 34.6 Å². The maximum atomic E-state index is 4.79. The summed E-state index contributed by atoms with van der Waals surface area (Å²) in [5.41, 5.74) is 6.46. The highest BCUT2D eigenvalue weighted by atomic mass is 32.1. The Balaban J connectivity index is 1.41. The number of nitrogens with one attached hydrogen (secondary N) is 1. The Hall–Kier alpha value is -3.09. The highest BCUT2D eigenvalue weighted by Crippen LogP contribution is 2.32. The number of aryl methyl sites for hydroxylation is 1. The van der Waals surface area contributed by atoms with E-state index >= 15 is 0 Å². The first-order valence-corrected chi connectivity index (χ1v) is 11.1. The van der Waals surface area contributed by atoms with Gasteiger partial charge in [-0.15, -0.1) is 11.3 Å². The topological polar surface area (TPSA) is 50.7 Å². The van der Waals surface area contributed by atoms with Crippen molar-refractivity contribution in [1.29, 1.82) is 0 Å². The molecule has 3 aromatic heterocycles. The maximum Gasteiger partial charge on any atom is 0.188 e. The fourth-order valence-corrected chi connectivity index (χ4v) is 4.92. The summed E-state index contributed by atoms with van der Waals surface area (Å²) in [5.74, 6) is 0. The van der Waals surface area contributed by atoms with E-state index in [1.165, 1.54) is 10.3 Å². The van der Waals surface area contributed by atoms with Crippen molar-refractivity contribution in [2.24, 2.45) is 0 Å². The Morgan fingerprint density at radius 3 is 2.76 bits per heavy atom. The molecule has 142 valence electrons. The molecule has 2 aromatic carbocycles. The third-order valence-corrected chi connectivity index (χ3v) is 6.51. The Kier molecular flexibility index (Phi) is 4.79. The number of aromatic nitrogens is 3. The third-order valence-electron chi connectivity index (χ3n) is 4.68. The first-order valence-electron chi connectivity index (χ1n) is 9.41. The average molecular weight is 415 g/mol. The van der Waals surface area contributed by atoms with Crippen molar-refractivity contribution in [3.8, 4) is 21.8 Å². The molecule has 0 aliphatic carbocycles. The molecule has 0 saturated carbocycles. The van der Waals surface area contributed by atoms with Crippen molar-refractivity contribution in [3.63, 3.8) is 0 Å². The van der Waals surface area contributed by atoms with E-state index in [0.717, 1.165) is 44.6 Å². The molecule has 0 spiro atoms. The number of thiazole rings is 2. The highest BCUT2D eigenvalue weighted by molar-refractivity contribution is 7.22. The summed E-state index contributed by atoms with van der Waals surface area (Å²) < 4.78 is 1.21. The van der Waals surface area contributed by atoms with Gasteiger partial charge in [0.15, 0.2) is 5.13 Å². The molecule has 0 atom stereocenters. The second kappa shape index (κ2) is 7.73. The summed E-state index contributed by atoms with van der Waals surface area (Å²) in [6.45, 7) is 2.17. The van der Waals surface area contributed by atoms with E-state index in [1.807, 2.05) is 24.4 Å². The quantitative estimate of drug-likeness (QED) is 0.344. The zero-order chi connectivity index (χ0) is 19.6. The molecule has 0 aliphatic heterocycles. The Morgan fingerprint density at radius 2 is 1.90 bits per heavy atom.